The smallest absolute Gasteiger partial charge is 0.143 e. The summed E-state index contributed by atoms with van der Waals surface area (Å²) in [5.74, 6) is -13.2. The van der Waals surface area contributed by atoms with Gasteiger partial charge in [-0.25, -0.2) is 0 Å². The fourth-order valence-electron chi connectivity index (χ4n) is 3.70. The Morgan fingerprint density at radius 3 is 0.333 bits per heavy atom. The normalized spacial score (nSPS) is 9.31. The number of hydrogen-bond acceptors (Lipinski definition) is 15. The maximum Gasteiger partial charge on any atom is 0.143 e. The molecule has 0 aliphatic rings. The van der Waals surface area contributed by atoms with E-state index < -0.39 is 116 Å². The van der Waals surface area contributed by atoms with E-state index in [1.807, 2.05) is 0 Å². The Kier molecular flexibility index (Phi) is 32.9. The number of ketones is 10. The van der Waals surface area contributed by atoms with Gasteiger partial charge in [-0.2, -0.15) is 0 Å². The van der Waals surface area contributed by atoms with Gasteiger partial charge in [-0.05, 0) is 69.2 Å². The third-order valence-electron chi connectivity index (χ3n) is 5.68. The molecule has 0 saturated heterocycles. The molecule has 0 amide bonds. The first-order chi connectivity index (χ1) is 22.3. The number of allylic oxidation sites excluding steroid dienone is 5. The van der Waals surface area contributed by atoms with Crippen molar-refractivity contribution in [3.8, 4) is 0 Å². The van der Waals surface area contributed by atoms with Crippen molar-refractivity contribution in [2.45, 2.75) is 69.2 Å². The summed E-state index contributed by atoms with van der Waals surface area (Å²) in [6.07, 6.45) is 0. The van der Waals surface area contributed by atoms with Gasteiger partial charge in [0.15, 0.2) is 0 Å². The molecule has 0 aromatic heterocycles. The monoisotopic (exact) mass is 756 g/mol. The van der Waals surface area contributed by atoms with Crippen molar-refractivity contribution in [2.24, 2.45) is 29.6 Å². The summed E-state index contributed by atoms with van der Waals surface area (Å²) in [7, 11) is 0. The van der Waals surface area contributed by atoms with E-state index in [0.29, 0.717) is 0 Å². The second-order valence-electron chi connectivity index (χ2n) is 10.6. The van der Waals surface area contributed by atoms with Gasteiger partial charge in [0, 0.05) is 18.6 Å². The third kappa shape index (κ3) is 27.5. The number of rotatable bonds is 15. The van der Waals surface area contributed by atoms with E-state index in [1.165, 1.54) is 69.2 Å². The van der Waals surface area contributed by atoms with E-state index in [2.05, 4.69) is 32.9 Å². The molecule has 0 rings (SSSR count). The van der Waals surface area contributed by atoms with Crippen molar-refractivity contribution in [2.75, 3.05) is 0 Å². The Morgan fingerprint density at radius 2 is 0.333 bits per heavy atom. The van der Waals surface area contributed by atoms with Crippen LogP contribution in [0.25, 0.3) is 0 Å². The predicted octanol–water partition coefficient (Wildman–Crippen LogP) is -1.73. The molecule has 0 spiro atoms. The zero-order valence-electron chi connectivity index (χ0n) is 30.5. The zero-order valence-corrected chi connectivity index (χ0v) is 31.9. The van der Waals surface area contributed by atoms with Gasteiger partial charge in [-0.3, -0.25) is 47.9 Å². The summed E-state index contributed by atoms with van der Waals surface area (Å²) < 4.78 is 0. The van der Waals surface area contributed by atoms with Gasteiger partial charge in [0.2, 0.25) is 0 Å². The Bertz CT molecular complexity index is 991. The van der Waals surface area contributed by atoms with Gasteiger partial charge in [-0.1, -0.05) is 0 Å². The van der Waals surface area contributed by atoms with Crippen LogP contribution in [0, 0.1) is 29.6 Å². The van der Waals surface area contributed by atoms with Crippen molar-refractivity contribution < 1.29 is 92.0 Å². The van der Waals surface area contributed by atoms with E-state index in [4.69, 9.17) is 0 Å². The second-order valence-corrected chi connectivity index (χ2v) is 10.6. The molecule has 0 N–H and O–H groups in total. The number of carbonyl (C=O) groups is 10. The first-order valence-corrected chi connectivity index (χ1v) is 14.2. The van der Waals surface area contributed by atoms with Crippen molar-refractivity contribution in [1.29, 1.82) is 0 Å². The molecule has 0 aromatic carbocycles. The van der Waals surface area contributed by atoms with Gasteiger partial charge in [-0.15, -0.1) is 61.7 Å². The fraction of sp³-hybridized carbons (Fsp3) is 0.429. The molecular formula is C35H45O15V-5. The summed E-state index contributed by atoms with van der Waals surface area (Å²) in [6.45, 7) is 27.0. The van der Waals surface area contributed by atoms with Crippen molar-refractivity contribution in [3.05, 3.63) is 61.7 Å². The third-order valence-corrected chi connectivity index (χ3v) is 5.68. The van der Waals surface area contributed by atoms with Crippen LogP contribution in [0.15, 0.2) is 61.7 Å². The molecule has 0 saturated carbocycles. The Balaban J connectivity index is -0.000000123. The topological polar surface area (TPSA) is 286 Å². The minimum atomic E-state index is -1.14. The van der Waals surface area contributed by atoms with Gasteiger partial charge in [0.1, 0.15) is 57.8 Å². The zero-order chi connectivity index (χ0) is 41.5. The number of carbonyl (C=O) groups excluding carboxylic acids is 10. The molecule has 0 aliphatic carbocycles. The van der Waals surface area contributed by atoms with Gasteiger partial charge >= 0.3 is 0 Å². The van der Waals surface area contributed by atoms with E-state index in [1.54, 1.807) is 0 Å². The van der Waals surface area contributed by atoms with E-state index in [9.17, 15) is 73.5 Å². The minimum absolute atomic E-state index is 0. The molecule has 15 nitrogen and oxygen atoms in total. The summed E-state index contributed by atoms with van der Waals surface area (Å²) in [5.41, 5.74) is 0. The van der Waals surface area contributed by atoms with Crippen LogP contribution in [0.3, 0.4) is 0 Å². The Labute approximate surface area is 309 Å². The van der Waals surface area contributed by atoms with Gasteiger partial charge in [0.25, 0.3) is 0 Å². The second kappa shape index (κ2) is 28.8. The van der Waals surface area contributed by atoms with E-state index in [-0.39, 0.29) is 18.6 Å². The van der Waals surface area contributed by atoms with Crippen molar-refractivity contribution >= 4 is 57.8 Å². The summed E-state index contributed by atoms with van der Waals surface area (Å²) >= 11 is 0. The molecule has 0 unspecified atom stereocenters. The van der Waals surface area contributed by atoms with Crippen molar-refractivity contribution in [1.82, 2.24) is 0 Å². The van der Waals surface area contributed by atoms with Crippen LogP contribution in [-0.2, 0) is 66.5 Å². The number of Topliss-reactive ketones (excluding diaryl/α,β-unsaturated/α-hetero) is 10. The predicted molar refractivity (Wildman–Crippen MR) is 170 cm³/mol. The van der Waals surface area contributed by atoms with Gasteiger partial charge in [0.05, 0.1) is 29.6 Å². The molecule has 0 aromatic rings. The molecule has 0 aliphatic heterocycles. The molecule has 285 valence electrons. The van der Waals surface area contributed by atoms with Crippen LogP contribution in [0.5, 0.6) is 0 Å². The van der Waals surface area contributed by atoms with Crippen LogP contribution in [0.2, 0.25) is 0 Å². The number of hydrogen-bond donors (Lipinski definition) is 0. The maximum atomic E-state index is 10.5. The van der Waals surface area contributed by atoms with Crippen LogP contribution >= 0.6 is 0 Å². The summed E-state index contributed by atoms with van der Waals surface area (Å²) in [4.78, 5) is 105. The maximum absolute atomic E-state index is 10.5. The quantitative estimate of drug-likeness (QED) is 0.133. The van der Waals surface area contributed by atoms with Gasteiger partial charge < -0.3 is 25.5 Å². The van der Waals surface area contributed by atoms with Crippen LogP contribution in [-0.4, -0.2) is 57.8 Å². The average Bonchev–Trinajstić information content (AvgIpc) is 2.81. The minimum Gasteiger partial charge on any atom is -0.875 e. The standard InChI is InChI=1S/5C7H10O3.V/c5*1-4(8)7(5(2)9)6(3)10;/h5*7-8H,1H2,2-3H3;/p-5. The molecule has 0 fully saturated rings. The van der Waals surface area contributed by atoms with E-state index >= 15 is 0 Å². The Hall–Kier alpha value is -5.02. The molecule has 0 atom stereocenters. The summed E-state index contributed by atoms with van der Waals surface area (Å²) in [5, 5.41) is 52.4. The van der Waals surface area contributed by atoms with Crippen molar-refractivity contribution in [3.63, 3.8) is 0 Å². The molecule has 0 bridgehead atoms. The molecule has 1 radical (unpaired) electrons. The fourth-order valence-corrected chi connectivity index (χ4v) is 3.70. The molecule has 51 heavy (non-hydrogen) atoms. The van der Waals surface area contributed by atoms with E-state index in [0.717, 1.165) is 0 Å². The van der Waals surface area contributed by atoms with Crippen LogP contribution in [0.1, 0.15) is 69.2 Å². The SMILES string of the molecule is C=C([O-])C(C(C)=O)C(C)=O.C=C([O-])C(C(C)=O)C(C)=O.C=C([O-])C(C(C)=O)C(C)=O.C=C([O-])C(C(C)=O)C(C)=O.C=C([O-])C(C(C)=O)C(C)=O.[V]. The molecule has 16 heteroatoms. The first-order valence-electron chi connectivity index (χ1n) is 14.2. The van der Waals surface area contributed by atoms with Crippen LogP contribution in [0.4, 0.5) is 0 Å². The molecular weight excluding hydrogens is 711 g/mol. The summed E-state index contributed by atoms with van der Waals surface area (Å²) in [6, 6.07) is 0. The van der Waals surface area contributed by atoms with Crippen LogP contribution < -0.4 is 25.5 Å². The first kappa shape index (κ1) is 58.2. The largest absolute Gasteiger partial charge is 0.875 e. The average molecular weight is 757 g/mol. The Morgan fingerprint density at radius 1 is 0.275 bits per heavy atom. The molecule has 0 heterocycles.